The summed E-state index contributed by atoms with van der Waals surface area (Å²) in [6.45, 7) is 14.7. The van der Waals surface area contributed by atoms with Crippen molar-refractivity contribution >= 4 is 0 Å². The summed E-state index contributed by atoms with van der Waals surface area (Å²) >= 11 is 0. The van der Waals surface area contributed by atoms with Crippen LogP contribution in [0.25, 0.3) is 45.0 Å². The maximum Gasteiger partial charge on any atom is 2.00 e. The summed E-state index contributed by atoms with van der Waals surface area (Å²) in [5, 5.41) is 13.8. The van der Waals surface area contributed by atoms with Crippen LogP contribution in [0.5, 0.6) is 0 Å². The fourth-order valence-corrected chi connectivity index (χ4v) is 5.80. The summed E-state index contributed by atoms with van der Waals surface area (Å²) in [4.78, 5) is 9.29. The van der Waals surface area contributed by atoms with E-state index in [9.17, 15) is 13.2 Å². The van der Waals surface area contributed by atoms with Crippen molar-refractivity contribution in [2.75, 3.05) is 0 Å². The van der Waals surface area contributed by atoms with Crippen LogP contribution in [0.2, 0.25) is 0 Å². The second kappa shape index (κ2) is 14.0. The van der Waals surface area contributed by atoms with E-state index in [0.29, 0.717) is 11.4 Å². The van der Waals surface area contributed by atoms with Gasteiger partial charge in [0.1, 0.15) is 5.69 Å². The van der Waals surface area contributed by atoms with Gasteiger partial charge in [-0.1, -0.05) is 41.5 Å². The first-order valence-electron chi connectivity index (χ1n) is 14.4. The Hall–Kier alpha value is -4.36. The predicted octanol–water partition coefficient (Wildman–Crippen LogP) is 8.71. The van der Waals surface area contributed by atoms with Crippen molar-refractivity contribution in [1.82, 2.24) is 30.4 Å². The molecule has 0 aliphatic rings. The Labute approximate surface area is 281 Å². The van der Waals surface area contributed by atoms with Crippen LogP contribution < -0.4 is 10.2 Å². The number of halogens is 3. The van der Waals surface area contributed by atoms with Crippen LogP contribution in [-0.2, 0) is 27.2 Å². The van der Waals surface area contributed by atoms with E-state index >= 15 is 0 Å². The largest absolute Gasteiger partial charge is 2.00 e. The summed E-state index contributed by atoms with van der Waals surface area (Å²) in [5.41, 5.74) is 14.5. The number of alkyl halides is 3. The standard InChI is InChI=1S/C28H28N2.C8H5F3N4.Pt/c1-17-11-19(3)27(20(4)12-17)23-7-9-29-25(15-23)26-16-24(8-10-30-26)28-21(5)13-18(2)14-22(28)6;1-4-2-5(13-12-4)6-3-7(15-14-6)8(9,10)11;/h7-16H,1-6H3;2-3H,1H3;/q;-2;+2. The van der Waals surface area contributed by atoms with Crippen molar-refractivity contribution in [2.45, 2.75) is 54.6 Å². The molecule has 0 fully saturated rings. The third-order valence-corrected chi connectivity index (χ3v) is 7.47. The van der Waals surface area contributed by atoms with Crippen molar-refractivity contribution in [3.8, 4) is 45.0 Å². The van der Waals surface area contributed by atoms with Gasteiger partial charge in [0.05, 0.1) is 11.4 Å². The first-order valence-corrected chi connectivity index (χ1v) is 14.4. The number of aryl methyl sites for hydroxylation is 7. The average molecular weight is 802 g/mol. The zero-order valence-electron chi connectivity index (χ0n) is 26.6. The molecule has 0 spiro atoms. The maximum atomic E-state index is 12.2. The van der Waals surface area contributed by atoms with Gasteiger partial charge >= 0.3 is 27.2 Å². The van der Waals surface area contributed by atoms with Crippen LogP contribution in [0.4, 0.5) is 13.2 Å². The van der Waals surface area contributed by atoms with Gasteiger partial charge in [0.2, 0.25) is 0 Å². The monoisotopic (exact) mass is 801 g/mol. The normalized spacial score (nSPS) is 11.1. The van der Waals surface area contributed by atoms with Gasteiger partial charge in [-0.25, -0.2) is 0 Å². The van der Waals surface area contributed by atoms with E-state index in [1.54, 1.807) is 13.0 Å². The molecule has 0 saturated heterocycles. The number of benzene rings is 2. The van der Waals surface area contributed by atoms with Crippen LogP contribution in [0, 0.1) is 48.5 Å². The molecule has 6 nitrogen and oxygen atoms in total. The molecule has 2 aromatic carbocycles. The second-order valence-corrected chi connectivity index (χ2v) is 11.4. The molecule has 10 heteroatoms. The van der Waals surface area contributed by atoms with Crippen molar-refractivity contribution in [3.63, 3.8) is 0 Å². The summed E-state index contributed by atoms with van der Waals surface area (Å²) < 4.78 is 36.6. The van der Waals surface area contributed by atoms with Gasteiger partial charge in [0, 0.05) is 18.1 Å². The Morgan fingerprint density at radius 3 is 1.33 bits per heavy atom. The molecule has 0 unspecified atom stereocenters. The minimum Gasteiger partial charge on any atom is -0.576 e. The van der Waals surface area contributed by atoms with Gasteiger partial charge in [-0.15, -0.1) is 11.4 Å². The van der Waals surface area contributed by atoms with Gasteiger partial charge in [0.25, 0.3) is 0 Å². The van der Waals surface area contributed by atoms with E-state index in [1.807, 2.05) is 12.4 Å². The maximum absolute atomic E-state index is 12.2. The molecule has 0 bridgehead atoms. The number of pyridine rings is 2. The molecular weight excluding hydrogens is 769 g/mol. The molecule has 4 heterocycles. The molecular formula is C36H33F3N6Pt. The van der Waals surface area contributed by atoms with Crippen LogP contribution in [0.1, 0.15) is 44.8 Å². The molecule has 0 aliphatic heterocycles. The van der Waals surface area contributed by atoms with E-state index in [4.69, 9.17) is 0 Å². The molecule has 0 atom stereocenters. The molecule has 238 valence electrons. The Morgan fingerprint density at radius 2 is 0.957 bits per heavy atom. The summed E-state index contributed by atoms with van der Waals surface area (Å²) in [5.74, 6) is 0. The average Bonchev–Trinajstić information content (AvgIpc) is 3.62. The van der Waals surface area contributed by atoms with E-state index in [2.05, 4.69) is 120 Å². The van der Waals surface area contributed by atoms with Gasteiger partial charge in [-0.3, -0.25) is 9.97 Å². The predicted molar refractivity (Wildman–Crippen MR) is 171 cm³/mol. The first kappa shape index (κ1) is 34.5. The van der Waals surface area contributed by atoms with Crippen LogP contribution in [0.3, 0.4) is 0 Å². The molecule has 46 heavy (non-hydrogen) atoms. The van der Waals surface area contributed by atoms with Crippen LogP contribution >= 0.6 is 0 Å². The minimum absolute atomic E-state index is 0. The SMILES string of the molecule is Cc1cc(-c2cc(C(F)(F)F)n[n-]2)[n-]n1.Cc1cc(C)c(-c2ccnc(-c3cc(-c4c(C)cc(C)cc4C)ccn3)c2)c(C)c1.[Pt+2]. The molecule has 6 aromatic rings. The molecule has 4 aromatic heterocycles. The smallest absolute Gasteiger partial charge is 0.576 e. The van der Waals surface area contributed by atoms with Crippen molar-refractivity contribution in [2.24, 2.45) is 0 Å². The molecule has 6 rings (SSSR count). The van der Waals surface area contributed by atoms with E-state index < -0.39 is 11.9 Å². The number of hydrogen-bond donors (Lipinski definition) is 0. The van der Waals surface area contributed by atoms with Gasteiger partial charge in [0.15, 0.2) is 0 Å². The third kappa shape index (κ3) is 7.70. The van der Waals surface area contributed by atoms with Gasteiger partial charge in [-0.05, 0) is 123 Å². The Kier molecular flexibility index (Phi) is 10.5. The van der Waals surface area contributed by atoms with E-state index in [-0.39, 0.29) is 26.8 Å². The Bertz CT molecular complexity index is 1850. The van der Waals surface area contributed by atoms with Crippen molar-refractivity contribution in [3.05, 3.63) is 118 Å². The fourth-order valence-electron chi connectivity index (χ4n) is 5.80. The number of aromatic nitrogens is 6. The Balaban J connectivity index is 0.000000253. The van der Waals surface area contributed by atoms with Crippen molar-refractivity contribution in [1.29, 1.82) is 0 Å². The zero-order valence-corrected chi connectivity index (χ0v) is 28.8. The first-order chi connectivity index (χ1) is 21.3. The minimum atomic E-state index is -4.47. The zero-order chi connectivity index (χ0) is 32.5. The molecule has 0 aliphatic carbocycles. The number of hydrogen-bond acceptors (Lipinski definition) is 4. The summed E-state index contributed by atoms with van der Waals surface area (Å²) in [6, 6.07) is 19.9. The summed E-state index contributed by atoms with van der Waals surface area (Å²) in [6.07, 6.45) is -0.694. The molecule has 0 amide bonds. The van der Waals surface area contributed by atoms with Gasteiger partial charge < -0.3 is 20.4 Å². The molecule has 0 N–H and O–H groups in total. The van der Waals surface area contributed by atoms with Crippen LogP contribution in [0.15, 0.2) is 73.1 Å². The van der Waals surface area contributed by atoms with Gasteiger partial charge in [-0.2, -0.15) is 13.2 Å². The Morgan fingerprint density at radius 1 is 0.543 bits per heavy atom. The fraction of sp³-hybridized carbons (Fsp3) is 0.222. The molecule has 0 radical (unpaired) electrons. The summed E-state index contributed by atoms with van der Waals surface area (Å²) in [7, 11) is 0. The van der Waals surface area contributed by atoms with Crippen molar-refractivity contribution < 1.29 is 34.2 Å². The van der Waals surface area contributed by atoms with E-state index in [1.165, 1.54) is 55.6 Å². The van der Waals surface area contributed by atoms with Crippen LogP contribution in [-0.4, -0.2) is 20.2 Å². The van der Waals surface area contributed by atoms with E-state index in [0.717, 1.165) is 17.5 Å². The quantitative estimate of drug-likeness (QED) is 0.178. The topological polar surface area (TPSA) is 79.8 Å². The third-order valence-electron chi connectivity index (χ3n) is 7.47. The second-order valence-electron chi connectivity index (χ2n) is 11.4. The number of nitrogens with zero attached hydrogens (tertiary/aromatic N) is 6. The number of rotatable bonds is 4. The molecule has 0 saturated carbocycles.